The van der Waals surface area contributed by atoms with Crippen LogP contribution in [0.5, 0.6) is 5.75 Å². The number of benzene rings is 2. The number of ether oxygens (including phenoxy) is 2. The van der Waals surface area contributed by atoms with E-state index in [0.717, 1.165) is 11.1 Å². The highest BCUT2D eigenvalue weighted by Gasteiger charge is 2.21. The molecular weight excluding hydrogens is 326 g/mol. The Bertz CT molecular complexity index is 851. The zero-order valence-corrected chi connectivity index (χ0v) is 13.7. The number of cyclic esters (lactones) is 1. The van der Waals surface area contributed by atoms with Gasteiger partial charge in [-0.3, -0.25) is 0 Å². The molecule has 2 aromatic carbocycles. The van der Waals surface area contributed by atoms with Gasteiger partial charge in [0, 0.05) is 16.7 Å². The first-order valence-corrected chi connectivity index (χ1v) is 7.63. The van der Waals surface area contributed by atoms with E-state index >= 15 is 0 Å². The summed E-state index contributed by atoms with van der Waals surface area (Å²) in [7, 11) is 1.58. The minimum atomic E-state index is -0.489. The third-order valence-electron chi connectivity index (χ3n) is 3.36. The first-order chi connectivity index (χ1) is 11.7. The van der Waals surface area contributed by atoms with Crippen LogP contribution in [0.15, 0.2) is 65.3 Å². The van der Waals surface area contributed by atoms with Gasteiger partial charge in [-0.25, -0.2) is 9.79 Å². The number of aliphatic imine (C=N–C) groups is 1. The molecule has 0 aromatic heterocycles. The van der Waals surface area contributed by atoms with Crippen molar-refractivity contribution in [2.75, 3.05) is 7.11 Å². The molecule has 0 saturated carbocycles. The molecule has 2 aromatic rings. The molecule has 0 fully saturated rings. The standard InChI is InChI=1S/C19H14ClNO3/c1-23-17-5-3-2-4-14(17)12-16-19(22)24-18(21-16)11-8-13-6-9-15(20)10-7-13/h2-12H,1H3/b11-8+,16-12+. The van der Waals surface area contributed by atoms with E-state index in [2.05, 4.69) is 4.99 Å². The molecular formula is C19H14ClNO3. The summed E-state index contributed by atoms with van der Waals surface area (Å²) in [5.74, 6) is 0.422. The van der Waals surface area contributed by atoms with Gasteiger partial charge in [-0.1, -0.05) is 41.9 Å². The van der Waals surface area contributed by atoms with Crippen LogP contribution in [0.2, 0.25) is 5.02 Å². The van der Waals surface area contributed by atoms with Crippen LogP contribution < -0.4 is 4.74 Å². The minimum absolute atomic E-state index is 0.232. The summed E-state index contributed by atoms with van der Waals surface area (Å²) in [4.78, 5) is 16.2. The Labute approximate surface area is 144 Å². The van der Waals surface area contributed by atoms with E-state index in [-0.39, 0.29) is 11.6 Å². The number of nitrogens with zero attached hydrogens (tertiary/aromatic N) is 1. The zero-order chi connectivity index (χ0) is 16.9. The highest BCUT2D eigenvalue weighted by atomic mass is 35.5. The number of carbonyl (C=O) groups excluding carboxylic acids is 1. The fraction of sp³-hybridized carbons (Fsp3) is 0.0526. The zero-order valence-electron chi connectivity index (χ0n) is 12.9. The Hall–Kier alpha value is -2.85. The molecule has 0 saturated heterocycles. The van der Waals surface area contributed by atoms with Crippen LogP contribution in [-0.4, -0.2) is 19.0 Å². The summed E-state index contributed by atoms with van der Waals surface area (Å²) in [6.45, 7) is 0. The van der Waals surface area contributed by atoms with Gasteiger partial charge in [0.1, 0.15) is 5.75 Å². The lowest BCUT2D eigenvalue weighted by atomic mass is 10.1. The van der Waals surface area contributed by atoms with Gasteiger partial charge < -0.3 is 9.47 Å². The molecule has 3 rings (SSSR count). The molecule has 5 heteroatoms. The van der Waals surface area contributed by atoms with Gasteiger partial charge in [-0.2, -0.15) is 0 Å². The van der Waals surface area contributed by atoms with Gasteiger partial charge in [0.15, 0.2) is 5.70 Å². The van der Waals surface area contributed by atoms with E-state index in [4.69, 9.17) is 21.1 Å². The largest absolute Gasteiger partial charge is 0.496 e. The monoisotopic (exact) mass is 339 g/mol. The van der Waals surface area contributed by atoms with Crippen molar-refractivity contribution in [2.45, 2.75) is 0 Å². The van der Waals surface area contributed by atoms with E-state index < -0.39 is 5.97 Å². The fourth-order valence-corrected chi connectivity index (χ4v) is 2.30. The number of halogens is 1. The summed E-state index contributed by atoms with van der Waals surface area (Å²) in [6, 6.07) is 14.7. The topological polar surface area (TPSA) is 47.9 Å². The number of hydrogen-bond donors (Lipinski definition) is 0. The van der Waals surface area contributed by atoms with Crippen LogP contribution in [-0.2, 0) is 9.53 Å². The summed E-state index contributed by atoms with van der Waals surface area (Å²) >= 11 is 5.84. The minimum Gasteiger partial charge on any atom is -0.496 e. The van der Waals surface area contributed by atoms with Crippen molar-refractivity contribution in [3.8, 4) is 5.75 Å². The van der Waals surface area contributed by atoms with E-state index in [1.807, 2.05) is 36.4 Å². The first-order valence-electron chi connectivity index (χ1n) is 7.25. The fourth-order valence-electron chi connectivity index (χ4n) is 2.17. The highest BCUT2D eigenvalue weighted by Crippen LogP contribution is 2.23. The SMILES string of the molecule is COc1ccccc1/C=C1N=C(/C=C/c2ccc(Cl)cc2)OC/1=O. The van der Waals surface area contributed by atoms with Crippen molar-refractivity contribution in [3.05, 3.63) is 76.5 Å². The van der Waals surface area contributed by atoms with Crippen LogP contribution >= 0.6 is 11.6 Å². The van der Waals surface area contributed by atoms with E-state index in [1.54, 1.807) is 37.5 Å². The van der Waals surface area contributed by atoms with Crippen LogP contribution in [0.3, 0.4) is 0 Å². The number of methoxy groups -OCH3 is 1. The molecule has 0 bridgehead atoms. The molecule has 0 aliphatic carbocycles. The average molecular weight is 340 g/mol. The lowest BCUT2D eigenvalue weighted by Crippen LogP contribution is -2.01. The van der Waals surface area contributed by atoms with Crippen molar-refractivity contribution < 1.29 is 14.3 Å². The number of carbonyl (C=O) groups is 1. The summed E-state index contributed by atoms with van der Waals surface area (Å²) in [5.41, 5.74) is 1.93. The molecule has 24 heavy (non-hydrogen) atoms. The van der Waals surface area contributed by atoms with Crippen molar-refractivity contribution >= 4 is 35.6 Å². The van der Waals surface area contributed by atoms with Gasteiger partial charge in [-0.15, -0.1) is 0 Å². The predicted octanol–water partition coefficient (Wildman–Crippen LogP) is 4.36. The lowest BCUT2D eigenvalue weighted by Gasteiger charge is -2.03. The van der Waals surface area contributed by atoms with Crippen LogP contribution in [0, 0.1) is 0 Å². The summed E-state index contributed by atoms with van der Waals surface area (Å²) < 4.78 is 10.4. The van der Waals surface area contributed by atoms with Crippen molar-refractivity contribution in [1.82, 2.24) is 0 Å². The first kappa shape index (κ1) is 16.0. The maximum atomic E-state index is 11.9. The number of hydrogen-bond acceptors (Lipinski definition) is 4. The third-order valence-corrected chi connectivity index (χ3v) is 3.61. The normalized spacial score (nSPS) is 15.7. The number of para-hydroxylation sites is 1. The van der Waals surface area contributed by atoms with Crippen molar-refractivity contribution in [2.24, 2.45) is 4.99 Å². The predicted molar refractivity (Wildman–Crippen MR) is 95.0 cm³/mol. The van der Waals surface area contributed by atoms with Crippen LogP contribution in [0.25, 0.3) is 12.2 Å². The summed E-state index contributed by atoms with van der Waals surface area (Å²) in [6.07, 6.45) is 5.09. The molecule has 0 unspecified atom stereocenters. The molecule has 1 aliphatic heterocycles. The van der Waals surface area contributed by atoms with Crippen LogP contribution in [0.4, 0.5) is 0 Å². The van der Waals surface area contributed by atoms with Gasteiger partial charge >= 0.3 is 5.97 Å². The Kier molecular flexibility index (Phi) is 4.77. The number of rotatable bonds is 4. The Morgan fingerprint density at radius 2 is 1.83 bits per heavy atom. The molecule has 0 radical (unpaired) electrons. The Morgan fingerprint density at radius 3 is 2.58 bits per heavy atom. The van der Waals surface area contributed by atoms with Gasteiger partial charge in [0.25, 0.3) is 0 Å². The molecule has 1 aliphatic rings. The number of esters is 1. The van der Waals surface area contributed by atoms with Crippen LogP contribution in [0.1, 0.15) is 11.1 Å². The van der Waals surface area contributed by atoms with Crippen molar-refractivity contribution in [1.29, 1.82) is 0 Å². The second-order valence-corrected chi connectivity index (χ2v) is 5.43. The van der Waals surface area contributed by atoms with Gasteiger partial charge in [0.05, 0.1) is 7.11 Å². The second kappa shape index (κ2) is 7.15. The van der Waals surface area contributed by atoms with Crippen molar-refractivity contribution in [3.63, 3.8) is 0 Å². The molecule has 0 atom stereocenters. The second-order valence-electron chi connectivity index (χ2n) is 5.00. The van der Waals surface area contributed by atoms with E-state index in [0.29, 0.717) is 10.8 Å². The maximum Gasteiger partial charge on any atom is 0.363 e. The molecule has 0 amide bonds. The average Bonchev–Trinajstić information content (AvgIpc) is 2.95. The maximum absolute atomic E-state index is 11.9. The van der Waals surface area contributed by atoms with E-state index in [1.165, 1.54) is 0 Å². The molecule has 4 nitrogen and oxygen atoms in total. The quantitative estimate of drug-likeness (QED) is 0.614. The highest BCUT2D eigenvalue weighted by molar-refractivity contribution is 6.30. The summed E-state index contributed by atoms with van der Waals surface area (Å²) in [5, 5.41) is 0.666. The molecule has 0 N–H and O–H groups in total. The smallest absolute Gasteiger partial charge is 0.363 e. The van der Waals surface area contributed by atoms with E-state index in [9.17, 15) is 4.79 Å². The molecule has 1 heterocycles. The third kappa shape index (κ3) is 3.73. The van der Waals surface area contributed by atoms with Gasteiger partial charge in [-0.05, 0) is 35.9 Å². The Morgan fingerprint density at radius 1 is 1.08 bits per heavy atom. The molecule has 120 valence electrons. The molecule has 0 spiro atoms. The lowest BCUT2D eigenvalue weighted by molar-refractivity contribution is -0.129. The Balaban J connectivity index is 1.82. The van der Waals surface area contributed by atoms with Gasteiger partial charge in [0.2, 0.25) is 5.90 Å².